The molecule has 22 heavy (non-hydrogen) atoms. The van der Waals surface area contributed by atoms with Gasteiger partial charge in [0.1, 0.15) is 0 Å². The van der Waals surface area contributed by atoms with Gasteiger partial charge in [0, 0.05) is 30.5 Å². The van der Waals surface area contributed by atoms with Crippen molar-refractivity contribution in [3.8, 4) is 0 Å². The molecule has 1 aromatic carbocycles. The molecule has 0 aliphatic heterocycles. The number of ether oxygens (including phenoxy) is 1. The third kappa shape index (κ3) is 4.66. The number of carbonyl (C=O) groups excluding carboxylic acids is 1. The standard InChI is InChI=1S/C15H19BrN4O2/c1-22-13(9-17)8-14(21)19-15-18-6-7-20(15)10-11-2-4-12(16)5-3-11/h2-7,13H,8-10,17H2,1H3,(H,18,19,21). The number of hydrogen-bond donors (Lipinski definition) is 2. The van der Waals surface area contributed by atoms with E-state index in [0.717, 1.165) is 10.0 Å². The maximum atomic E-state index is 12.0. The Morgan fingerprint density at radius 1 is 1.45 bits per heavy atom. The molecule has 7 heteroatoms. The van der Waals surface area contributed by atoms with Crippen molar-refractivity contribution in [1.82, 2.24) is 9.55 Å². The Morgan fingerprint density at radius 3 is 2.82 bits per heavy atom. The molecule has 1 heterocycles. The number of benzene rings is 1. The maximum absolute atomic E-state index is 12.0. The highest BCUT2D eigenvalue weighted by Crippen LogP contribution is 2.14. The quantitative estimate of drug-likeness (QED) is 0.784. The number of carbonyl (C=O) groups is 1. The topological polar surface area (TPSA) is 82.2 Å². The van der Waals surface area contributed by atoms with Crippen LogP contribution in [0, 0.1) is 0 Å². The summed E-state index contributed by atoms with van der Waals surface area (Å²) in [5, 5.41) is 2.79. The monoisotopic (exact) mass is 366 g/mol. The van der Waals surface area contributed by atoms with E-state index < -0.39 is 0 Å². The van der Waals surface area contributed by atoms with E-state index in [4.69, 9.17) is 10.5 Å². The van der Waals surface area contributed by atoms with Gasteiger partial charge in [-0.1, -0.05) is 28.1 Å². The molecule has 0 bridgehead atoms. The first-order chi connectivity index (χ1) is 10.6. The predicted octanol–water partition coefficient (Wildman–Crippen LogP) is 2.00. The number of hydrogen-bond acceptors (Lipinski definition) is 4. The number of anilines is 1. The van der Waals surface area contributed by atoms with E-state index in [1.54, 1.807) is 13.3 Å². The Balaban J connectivity index is 2.00. The maximum Gasteiger partial charge on any atom is 0.229 e. The lowest BCUT2D eigenvalue weighted by atomic mass is 10.2. The summed E-state index contributed by atoms with van der Waals surface area (Å²) in [6, 6.07) is 8.00. The van der Waals surface area contributed by atoms with Crippen molar-refractivity contribution in [2.24, 2.45) is 5.73 Å². The van der Waals surface area contributed by atoms with Crippen molar-refractivity contribution in [3.63, 3.8) is 0 Å². The fraction of sp³-hybridized carbons (Fsp3) is 0.333. The van der Waals surface area contributed by atoms with Crippen molar-refractivity contribution in [2.75, 3.05) is 19.0 Å². The summed E-state index contributed by atoms with van der Waals surface area (Å²) in [5.41, 5.74) is 6.64. The molecule has 3 N–H and O–H groups in total. The number of halogens is 1. The predicted molar refractivity (Wildman–Crippen MR) is 88.6 cm³/mol. The number of imidazole rings is 1. The van der Waals surface area contributed by atoms with Gasteiger partial charge in [0.2, 0.25) is 11.9 Å². The Hall–Kier alpha value is -1.70. The Bertz CT molecular complexity index is 608. The normalized spacial score (nSPS) is 12.1. The molecule has 6 nitrogen and oxygen atoms in total. The van der Waals surface area contributed by atoms with Crippen LogP contribution in [0.5, 0.6) is 0 Å². The van der Waals surface area contributed by atoms with Crippen LogP contribution in [0.15, 0.2) is 41.1 Å². The number of nitrogens with one attached hydrogen (secondary N) is 1. The molecular weight excluding hydrogens is 348 g/mol. The molecular formula is C15H19BrN4O2. The molecule has 1 unspecified atom stereocenters. The molecule has 118 valence electrons. The highest BCUT2D eigenvalue weighted by molar-refractivity contribution is 9.10. The average Bonchev–Trinajstić information content (AvgIpc) is 2.94. The second kappa shape index (κ2) is 8.07. The highest BCUT2D eigenvalue weighted by Gasteiger charge is 2.13. The van der Waals surface area contributed by atoms with Crippen molar-refractivity contribution < 1.29 is 9.53 Å². The first kappa shape index (κ1) is 16.7. The van der Waals surface area contributed by atoms with E-state index >= 15 is 0 Å². The van der Waals surface area contributed by atoms with Gasteiger partial charge in [-0.25, -0.2) is 4.98 Å². The van der Waals surface area contributed by atoms with Crippen molar-refractivity contribution in [3.05, 3.63) is 46.7 Å². The van der Waals surface area contributed by atoms with Crippen LogP contribution in [0.4, 0.5) is 5.95 Å². The van der Waals surface area contributed by atoms with Crippen LogP contribution in [0.2, 0.25) is 0 Å². The first-order valence-corrected chi connectivity index (χ1v) is 7.70. The van der Waals surface area contributed by atoms with E-state index in [2.05, 4.69) is 26.2 Å². The fourth-order valence-corrected chi connectivity index (χ4v) is 2.26. The molecule has 1 amide bonds. The molecule has 2 rings (SSSR count). The fourth-order valence-electron chi connectivity index (χ4n) is 1.99. The Labute approximate surface area is 137 Å². The van der Waals surface area contributed by atoms with Gasteiger partial charge < -0.3 is 15.0 Å². The number of nitrogens with two attached hydrogens (primary N) is 1. The van der Waals surface area contributed by atoms with Gasteiger partial charge in [-0.2, -0.15) is 0 Å². The minimum absolute atomic E-state index is 0.166. The average molecular weight is 367 g/mol. The summed E-state index contributed by atoms with van der Waals surface area (Å²) < 4.78 is 8.02. The smallest absolute Gasteiger partial charge is 0.229 e. The summed E-state index contributed by atoms with van der Waals surface area (Å²) in [6.45, 7) is 0.935. The highest BCUT2D eigenvalue weighted by atomic mass is 79.9. The van der Waals surface area contributed by atoms with Gasteiger partial charge in [-0.15, -0.1) is 0 Å². The van der Waals surface area contributed by atoms with E-state index in [-0.39, 0.29) is 18.4 Å². The number of aromatic nitrogens is 2. The van der Waals surface area contributed by atoms with E-state index in [1.807, 2.05) is 35.0 Å². The van der Waals surface area contributed by atoms with Gasteiger partial charge in [0.25, 0.3) is 0 Å². The second-order valence-electron chi connectivity index (χ2n) is 4.85. The first-order valence-electron chi connectivity index (χ1n) is 6.90. The van der Waals surface area contributed by atoms with Crippen LogP contribution < -0.4 is 11.1 Å². The van der Waals surface area contributed by atoms with Crippen molar-refractivity contribution in [1.29, 1.82) is 0 Å². The molecule has 1 aromatic heterocycles. The number of nitrogens with zero attached hydrogens (tertiary/aromatic N) is 2. The zero-order valence-corrected chi connectivity index (χ0v) is 13.9. The largest absolute Gasteiger partial charge is 0.380 e. The van der Waals surface area contributed by atoms with Crippen LogP contribution in [-0.4, -0.2) is 35.2 Å². The molecule has 0 fully saturated rings. The van der Waals surface area contributed by atoms with Crippen LogP contribution in [0.1, 0.15) is 12.0 Å². The number of amides is 1. The Kier molecular flexibility index (Phi) is 6.11. The number of rotatable bonds is 7. The van der Waals surface area contributed by atoms with E-state index in [1.165, 1.54) is 0 Å². The zero-order valence-electron chi connectivity index (χ0n) is 12.3. The molecule has 2 aromatic rings. The molecule has 0 aliphatic carbocycles. The minimum Gasteiger partial charge on any atom is -0.380 e. The third-order valence-corrected chi connectivity index (χ3v) is 3.77. The van der Waals surface area contributed by atoms with Gasteiger partial charge in [-0.05, 0) is 17.7 Å². The van der Waals surface area contributed by atoms with E-state index in [9.17, 15) is 4.79 Å². The summed E-state index contributed by atoms with van der Waals surface area (Å²) in [6.07, 6.45) is 3.41. The lowest BCUT2D eigenvalue weighted by molar-refractivity contribution is -0.118. The molecule has 0 saturated heterocycles. The third-order valence-electron chi connectivity index (χ3n) is 3.24. The van der Waals surface area contributed by atoms with Crippen LogP contribution in [-0.2, 0) is 16.1 Å². The van der Waals surface area contributed by atoms with Crippen LogP contribution in [0.25, 0.3) is 0 Å². The SMILES string of the molecule is COC(CN)CC(=O)Nc1nccn1Cc1ccc(Br)cc1. The Morgan fingerprint density at radius 2 is 2.18 bits per heavy atom. The van der Waals surface area contributed by atoms with Crippen LogP contribution in [0.3, 0.4) is 0 Å². The number of methoxy groups -OCH3 is 1. The van der Waals surface area contributed by atoms with Gasteiger partial charge >= 0.3 is 0 Å². The lowest BCUT2D eigenvalue weighted by Gasteiger charge is -2.13. The lowest BCUT2D eigenvalue weighted by Crippen LogP contribution is -2.28. The zero-order chi connectivity index (χ0) is 15.9. The molecule has 0 aliphatic rings. The molecule has 0 spiro atoms. The molecule has 0 saturated carbocycles. The molecule has 1 atom stereocenters. The summed E-state index contributed by atoms with van der Waals surface area (Å²) in [4.78, 5) is 16.2. The second-order valence-corrected chi connectivity index (χ2v) is 5.77. The van der Waals surface area contributed by atoms with Gasteiger partial charge in [0.15, 0.2) is 0 Å². The summed E-state index contributed by atoms with van der Waals surface area (Å²) >= 11 is 3.41. The summed E-state index contributed by atoms with van der Waals surface area (Å²) in [5.74, 6) is 0.348. The van der Waals surface area contributed by atoms with Crippen molar-refractivity contribution in [2.45, 2.75) is 19.1 Å². The van der Waals surface area contributed by atoms with Gasteiger partial charge in [-0.3, -0.25) is 10.1 Å². The summed E-state index contributed by atoms with van der Waals surface area (Å²) in [7, 11) is 1.54. The van der Waals surface area contributed by atoms with Crippen molar-refractivity contribution >= 4 is 27.8 Å². The minimum atomic E-state index is -0.283. The van der Waals surface area contributed by atoms with Crippen LogP contribution >= 0.6 is 15.9 Å². The molecule has 0 radical (unpaired) electrons. The van der Waals surface area contributed by atoms with Gasteiger partial charge in [0.05, 0.1) is 19.1 Å². The van der Waals surface area contributed by atoms with E-state index in [0.29, 0.717) is 19.0 Å².